The van der Waals surface area contributed by atoms with Crippen LogP contribution in [0.2, 0.25) is 0 Å². The number of halogens is 1. The number of nitrogens with one attached hydrogen (secondary N) is 1. The molecule has 1 aromatic carbocycles. The van der Waals surface area contributed by atoms with Crippen molar-refractivity contribution in [2.24, 2.45) is 0 Å². The van der Waals surface area contributed by atoms with E-state index in [0.29, 0.717) is 17.7 Å². The van der Waals surface area contributed by atoms with Gasteiger partial charge in [0.1, 0.15) is 0 Å². The molecule has 2 N–H and O–H groups in total. The van der Waals surface area contributed by atoms with Crippen molar-refractivity contribution < 1.29 is 14.7 Å². The Labute approximate surface area is 126 Å². The van der Waals surface area contributed by atoms with E-state index in [4.69, 9.17) is 0 Å². The Morgan fingerprint density at radius 3 is 2.70 bits per heavy atom. The number of hydrogen-bond donors (Lipinski definition) is 2. The Morgan fingerprint density at radius 2 is 2.00 bits per heavy atom. The highest BCUT2D eigenvalue weighted by Gasteiger charge is 2.36. The molecule has 0 radical (unpaired) electrons. The summed E-state index contributed by atoms with van der Waals surface area (Å²) in [6.07, 6.45) is 0.209. The van der Waals surface area contributed by atoms with Crippen LogP contribution in [0, 0.1) is 0 Å². The van der Waals surface area contributed by atoms with Crippen LogP contribution >= 0.6 is 15.9 Å². The van der Waals surface area contributed by atoms with Gasteiger partial charge in [0.25, 0.3) is 11.8 Å². The number of aliphatic hydroxyl groups is 1. The first kappa shape index (κ1) is 15.2. The fraction of sp³-hybridized carbons (Fsp3) is 0.429. The molecule has 1 atom stereocenters. The fourth-order valence-corrected chi connectivity index (χ4v) is 2.51. The largest absolute Gasteiger partial charge is 0.390 e. The number of benzene rings is 1. The zero-order valence-corrected chi connectivity index (χ0v) is 12.8. The number of aliphatic hydroxyl groups excluding tert-OH is 1. The van der Waals surface area contributed by atoms with E-state index in [-0.39, 0.29) is 18.4 Å². The van der Waals surface area contributed by atoms with Crippen molar-refractivity contribution in [2.45, 2.75) is 19.4 Å². The van der Waals surface area contributed by atoms with Crippen LogP contribution in [0.15, 0.2) is 22.7 Å². The summed E-state index contributed by atoms with van der Waals surface area (Å²) in [7, 11) is 0. The Balaban J connectivity index is 2.05. The summed E-state index contributed by atoms with van der Waals surface area (Å²) in [6, 6.07) is 4.99. The van der Waals surface area contributed by atoms with Crippen molar-refractivity contribution in [1.29, 1.82) is 0 Å². The van der Waals surface area contributed by atoms with Crippen molar-refractivity contribution in [1.82, 2.24) is 10.2 Å². The number of amides is 2. The predicted octanol–water partition coefficient (Wildman–Crippen LogP) is 1.41. The number of carbonyl (C=O) groups excluding carboxylic acids is 2. The number of fused-ring (bicyclic) bond motifs is 1. The van der Waals surface area contributed by atoms with Crippen LogP contribution < -0.4 is 5.32 Å². The molecule has 0 spiro atoms. The topological polar surface area (TPSA) is 69.6 Å². The lowest BCUT2D eigenvalue weighted by Crippen LogP contribution is -2.41. The van der Waals surface area contributed by atoms with E-state index in [1.165, 1.54) is 0 Å². The van der Waals surface area contributed by atoms with Crippen molar-refractivity contribution in [3.63, 3.8) is 0 Å². The molecule has 6 heteroatoms. The average Bonchev–Trinajstić information content (AvgIpc) is 2.64. The molecular weight excluding hydrogens is 324 g/mol. The highest BCUT2D eigenvalue weighted by molar-refractivity contribution is 9.10. The van der Waals surface area contributed by atoms with E-state index in [9.17, 15) is 14.7 Å². The summed E-state index contributed by atoms with van der Waals surface area (Å²) in [5.74, 6) is -0.687. The summed E-state index contributed by atoms with van der Waals surface area (Å²) < 4.78 is 0.754. The van der Waals surface area contributed by atoms with Crippen LogP contribution in [0.5, 0.6) is 0 Å². The van der Waals surface area contributed by atoms with E-state index < -0.39 is 6.10 Å². The first-order valence-corrected chi connectivity index (χ1v) is 7.38. The van der Waals surface area contributed by atoms with Gasteiger partial charge in [-0.15, -0.1) is 0 Å². The molecular formula is C14H17BrN2O3. The van der Waals surface area contributed by atoms with Gasteiger partial charge in [-0.05, 0) is 31.2 Å². The SMILES string of the molecule is CCCNCC(O)CN1C(=O)c2ccc(Br)cc2C1=O. The first-order valence-electron chi connectivity index (χ1n) is 6.59. The minimum Gasteiger partial charge on any atom is -0.390 e. The third kappa shape index (κ3) is 3.08. The van der Waals surface area contributed by atoms with Crippen LogP contribution in [-0.4, -0.2) is 47.6 Å². The minimum absolute atomic E-state index is 0.0146. The van der Waals surface area contributed by atoms with Gasteiger partial charge in [0.2, 0.25) is 0 Å². The molecule has 0 saturated heterocycles. The van der Waals surface area contributed by atoms with Crippen LogP contribution in [0.25, 0.3) is 0 Å². The molecule has 0 aromatic heterocycles. The van der Waals surface area contributed by atoms with Crippen molar-refractivity contribution >= 4 is 27.7 Å². The van der Waals surface area contributed by atoms with Crippen LogP contribution in [-0.2, 0) is 0 Å². The zero-order chi connectivity index (χ0) is 14.7. The minimum atomic E-state index is -0.757. The Morgan fingerprint density at radius 1 is 1.30 bits per heavy atom. The van der Waals surface area contributed by atoms with Gasteiger partial charge in [-0.2, -0.15) is 0 Å². The molecule has 108 valence electrons. The lowest BCUT2D eigenvalue weighted by molar-refractivity contribution is 0.0544. The first-order chi connectivity index (χ1) is 9.54. The van der Waals surface area contributed by atoms with E-state index in [2.05, 4.69) is 21.2 Å². The van der Waals surface area contributed by atoms with Gasteiger partial charge >= 0.3 is 0 Å². The zero-order valence-electron chi connectivity index (χ0n) is 11.2. The predicted molar refractivity (Wildman–Crippen MR) is 78.7 cm³/mol. The van der Waals surface area contributed by atoms with E-state index in [0.717, 1.165) is 22.3 Å². The highest BCUT2D eigenvalue weighted by Crippen LogP contribution is 2.25. The molecule has 5 nitrogen and oxygen atoms in total. The molecule has 0 aliphatic carbocycles. The van der Waals surface area contributed by atoms with Crippen molar-refractivity contribution in [3.8, 4) is 0 Å². The summed E-state index contributed by atoms with van der Waals surface area (Å²) in [5.41, 5.74) is 0.782. The number of carbonyl (C=O) groups is 2. The smallest absolute Gasteiger partial charge is 0.261 e. The van der Waals surface area contributed by atoms with Gasteiger partial charge in [0.15, 0.2) is 0 Å². The number of hydrogen-bond acceptors (Lipinski definition) is 4. The van der Waals surface area contributed by atoms with E-state index in [1.54, 1.807) is 18.2 Å². The van der Waals surface area contributed by atoms with E-state index in [1.807, 2.05) is 6.92 Å². The van der Waals surface area contributed by atoms with Gasteiger partial charge in [-0.3, -0.25) is 14.5 Å². The van der Waals surface area contributed by atoms with Gasteiger partial charge in [-0.1, -0.05) is 22.9 Å². The third-order valence-electron chi connectivity index (χ3n) is 3.13. The molecule has 1 aromatic rings. The summed E-state index contributed by atoms with van der Waals surface area (Å²) in [5, 5.41) is 12.9. The van der Waals surface area contributed by atoms with Crippen molar-refractivity contribution in [2.75, 3.05) is 19.6 Å². The van der Waals surface area contributed by atoms with Gasteiger partial charge in [-0.25, -0.2) is 0 Å². The lowest BCUT2D eigenvalue weighted by atomic mass is 10.1. The van der Waals surface area contributed by atoms with Gasteiger partial charge < -0.3 is 10.4 Å². The quantitative estimate of drug-likeness (QED) is 0.606. The second kappa shape index (κ2) is 6.47. The Hall–Kier alpha value is -1.24. The summed E-state index contributed by atoms with van der Waals surface area (Å²) in [4.78, 5) is 25.4. The fourth-order valence-electron chi connectivity index (χ4n) is 2.15. The maximum atomic E-state index is 12.2. The second-order valence-electron chi connectivity index (χ2n) is 4.77. The second-order valence-corrected chi connectivity index (χ2v) is 5.68. The standard InChI is InChI=1S/C14H17BrN2O3/c1-2-5-16-7-10(18)8-17-13(19)11-4-3-9(15)6-12(11)14(17)20/h3-4,6,10,16,18H,2,5,7-8H2,1H3. The molecule has 1 aliphatic heterocycles. The van der Waals surface area contributed by atoms with E-state index >= 15 is 0 Å². The molecule has 20 heavy (non-hydrogen) atoms. The molecule has 0 saturated carbocycles. The monoisotopic (exact) mass is 340 g/mol. The summed E-state index contributed by atoms with van der Waals surface area (Å²) >= 11 is 3.28. The van der Waals surface area contributed by atoms with Gasteiger partial charge in [0.05, 0.1) is 23.8 Å². The van der Waals surface area contributed by atoms with Gasteiger partial charge in [0, 0.05) is 11.0 Å². The molecule has 2 rings (SSSR count). The van der Waals surface area contributed by atoms with Crippen LogP contribution in [0.3, 0.4) is 0 Å². The van der Waals surface area contributed by atoms with Crippen molar-refractivity contribution in [3.05, 3.63) is 33.8 Å². The van der Waals surface area contributed by atoms with Crippen LogP contribution in [0.1, 0.15) is 34.1 Å². The Bertz CT molecular complexity index is 533. The molecule has 0 bridgehead atoms. The maximum Gasteiger partial charge on any atom is 0.261 e. The average molecular weight is 341 g/mol. The number of imide groups is 1. The molecule has 1 aliphatic rings. The Kier molecular flexibility index (Phi) is 4.91. The molecule has 0 fully saturated rings. The highest BCUT2D eigenvalue weighted by atomic mass is 79.9. The maximum absolute atomic E-state index is 12.2. The summed E-state index contributed by atoms with van der Waals surface area (Å²) in [6.45, 7) is 3.21. The molecule has 2 amide bonds. The lowest BCUT2D eigenvalue weighted by Gasteiger charge is -2.18. The third-order valence-corrected chi connectivity index (χ3v) is 3.63. The molecule has 1 unspecified atom stereocenters. The number of nitrogens with zero attached hydrogens (tertiary/aromatic N) is 1. The normalized spacial score (nSPS) is 15.7. The molecule has 1 heterocycles. The number of β-amino-alcohol motifs (C(OH)–C–C–N with tert-alkyl or cyclic N) is 1. The number of rotatable bonds is 6. The van der Waals surface area contributed by atoms with Crippen LogP contribution in [0.4, 0.5) is 0 Å².